The standard InChI is InChI=1S/C47H29N5.C38H24N4.C35H21N5/c1-3-9-41-34(7-1)21-39(28-49-41)36-23-37(40-22-35-8-2-4-10-42(35)50-29-40)25-38(24-36)43-18-16-30-12-14-32(26-46(30)51-43)33-15-13-31-17-19-45(52-47(31)27-33)44-11-5-6-20-48-44;1-2-9-33-30(6-1)21-32(24-40-33)27-7-5-8-31(20-27)34-17-15-25-11-13-28(22-37(25)41-34)29-14-12-26-16-18-36(42-38(26)23-29)35-10-3-4-19-39-35;1-2-18-36-28(5-1)29-15-12-22-6-10-26(20-32(22)38-29)27-11-7-23-13-16-30(39-33(23)21-27)31-17-14-25-9-8-24-4-3-19-37-34(24)35(25)40-31/h1-29H;1-24H;1-21H. The summed E-state index contributed by atoms with van der Waals surface area (Å²) in [5, 5.41) is 12.0. The number of benzene rings is 12. The summed E-state index contributed by atoms with van der Waals surface area (Å²) < 4.78 is 0. The van der Waals surface area contributed by atoms with Gasteiger partial charge in [-0.1, -0.05) is 224 Å². The summed E-state index contributed by atoms with van der Waals surface area (Å²) in [6, 6.07) is 140. The van der Waals surface area contributed by atoms with E-state index in [0.717, 1.165) is 255 Å². The predicted octanol–water partition coefficient (Wildman–Crippen LogP) is 29.3. The van der Waals surface area contributed by atoms with E-state index in [0.29, 0.717) is 0 Å². The van der Waals surface area contributed by atoms with E-state index in [9.17, 15) is 0 Å². The Morgan fingerprint density at radius 1 is 0.112 bits per heavy atom. The van der Waals surface area contributed by atoms with Crippen LogP contribution >= 0.6 is 0 Å². The lowest BCUT2D eigenvalue weighted by Gasteiger charge is -2.12. The summed E-state index contributed by atoms with van der Waals surface area (Å²) in [5.41, 5.74) is 34.2. The molecule has 0 aliphatic heterocycles. The first-order valence-electron chi connectivity index (χ1n) is 44.4. The molecule has 0 radical (unpaired) electrons. The van der Waals surface area contributed by atoms with Gasteiger partial charge in [0.25, 0.3) is 0 Å². The van der Waals surface area contributed by atoms with Gasteiger partial charge in [-0.2, -0.15) is 0 Å². The van der Waals surface area contributed by atoms with Crippen molar-refractivity contribution in [2.45, 2.75) is 0 Å². The molecule has 624 valence electrons. The smallest absolute Gasteiger partial charge is 0.0972 e. The van der Waals surface area contributed by atoms with E-state index in [2.05, 4.69) is 298 Å². The summed E-state index contributed by atoms with van der Waals surface area (Å²) in [5.74, 6) is 0. The third-order valence-electron chi connectivity index (χ3n) is 24.8. The predicted molar refractivity (Wildman–Crippen MR) is 546 cm³/mol. The Bertz CT molecular complexity index is 9020. The minimum absolute atomic E-state index is 0.829. The van der Waals surface area contributed by atoms with E-state index in [1.54, 1.807) is 18.6 Å². The fraction of sp³-hybridized carbons (Fsp3) is 0. The Morgan fingerprint density at radius 2 is 0.381 bits per heavy atom. The second-order valence-corrected chi connectivity index (χ2v) is 33.3. The first kappa shape index (κ1) is 79.0. The van der Waals surface area contributed by atoms with Gasteiger partial charge in [0.15, 0.2) is 0 Å². The molecule has 14 heteroatoms. The zero-order valence-electron chi connectivity index (χ0n) is 72.0. The van der Waals surface area contributed by atoms with Crippen LogP contribution < -0.4 is 0 Å². The largest absolute Gasteiger partial charge is 0.256 e. The van der Waals surface area contributed by atoms with Crippen molar-refractivity contribution in [3.63, 3.8) is 0 Å². The zero-order valence-corrected chi connectivity index (χ0v) is 72.0. The van der Waals surface area contributed by atoms with Gasteiger partial charge in [-0.25, -0.2) is 34.9 Å². The van der Waals surface area contributed by atoms with Crippen LogP contribution in [0, 0.1) is 0 Å². The maximum atomic E-state index is 5.26. The molecule has 0 N–H and O–H groups in total. The summed E-state index contributed by atoms with van der Waals surface area (Å²) in [6.45, 7) is 0. The van der Waals surface area contributed by atoms with Crippen molar-refractivity contribution in [3.05, 3.63) is 450 Å². The van der Waals surface area contributed by atoms with Gasteiger partial charge in [-0.3, -0.25) is 34.9 Å². The van der Waals surface area contributed by atoms with Gasteiger partial charge in [-0.15, -0.1) is 0 Å². The van der Waals surface area contributed by atoms with Gasteiger partial charge in [0.1, 0.15) is 0 Å². The van der Waals surface area contributed by atoms with Crippen LogP contribution in [0.2, 0.25) is 0 Å². The Hall–Kier alpha value is -18.4. The quantitative estimate of drug-likeness (QED) is 0.105. The highest BCUT2D eigenvalue weighted by molar-refractivity contribution is 6.04. The number of pyridine rings is 14. The molecule has 0 amide bonds. The highest BCUT2D eigenvalue weighted by Crippen LogP contribution is 2.40. The molecule has 134 heavy (non-hydrogen) atoms. The molecular weight excluding hydrogens is 1640 g/mol. The molecule has 0 spiro atoms. The molecule has 0 saturated carbocycles. The number of hydrogen-bond acceptors (Lipinski definition) is 14. The van der Waals surface area contributed by atoms with Gasteiger partial charge in [0.2, 0.25) is 0 Å². The molecule has 0 aliphatic rings. The summed E-state index contributed by atoms with van der Waals surface area (Å²) in [4.78, 5) is 67.4. The van der Waals surface area contributed by atoms with Gasteiger partial charge in [-0.05, 0) is 232 Å². The van der Waals surface area contributed by atoms with Gasteiger partial charge in [0.05, 0.1) is 118 Å². The average Bonchev–Trinajstić information content (AvgIpc) is 0.776. The first-order valence-corrected chi connectivity index (χ1v) is 44.4. The third kappa shape index (κ3) is 15.9. The van der Waals surface area contributed by atoms with E-state index < -0.39 is 0 Å². The molecule has 14 nitrogen and oxygen atoms in total. The molecule has 0 atom stereocenters. The van der Waals surface area contributed by atoms with Gasteiger partial charge >= 0.3 is 0 Å². The number of hydrogen-bond donors (Lipinski definition) is 0. The molecule has 0 bridgehead atoms. The van der Waals surface area contributed by atoms with E-state index in [1.807, 2.05) is 158 Å². The van der Waals surface area contributed by atoms with E-state index in [4.69, 9.17) is 44.9 Å². The monoisotopic (exact) mass is 1710 g/mol. The van der Waals surface area contributed by atoms with Crippen LogP contribution in [0.3, 0.4) is 0 Å². The normalized spacial score (nSPS) is 11.4. The minimum Gasteiger partial charge on any atom is -0.256 e. The number of aromatic nitrogens is 14. The van der Waals surface area contributed by atoms with Crippen molar-refractivity contribution in [2.75, 3.05) is 0 Å². The Kier molecular flexibility index (Phi) is 20.2. The van der Waals surface area contributed by atoms with E-state index in [-0.39, 0.29) is 0 Å². The zero-order chi connectivity index (χ0) is 88.8. The molecule has 0 fully saturated rings. The van der Waals surface area contributed by atoms with E-state index in [1.165, 1.54) is 0 Å². The molecule has 14 aromatic heterocycles. The Balaban J connectivity index is 0.000000112. The van der Waals surface area contributed by atoms with Crippen molar-refractivity contribution in [1.29, 1.82) is 0 Å². The second kappa shape index (κ2) is 34.3. The molecule has 0 saturated heterocycles. The van der Waals surface area contributed by atoms with Crippen LogP contribution in [0.1, 0.15) is 0 Å². The van der Waals surface area contributed by atoms with Crippen molar-refractivity contribution in [1.82, 2.24) is 69.8 Å². The van der Waals surface area contributed by atoms with Crippen LogP contribution in [0.25, 0.3) is 255 Å². The Morgan fingerprint density at radius 3 is 0.769 bits per heavy atom. The maximum absolute atomic E-state index is 5.26. The van der Waals surface area contributed by atoms with Crippen molar-refractivity contribution < 1.29 is 0 Å². The van der Waals surface area contributed by atoms with Crippen molar-refractivity contribution in [3.8, 4) is 135 Å². The van der Waals surface area contributed by atoms with Crippen LogP contribution in [0.4, 0.5) is 0 Å². The van der Waals surface area contributed by atoms with Crippen LogP contribution in [0.5, 0.6) is 0 Å². The summed E-state index contributed by atoms with van der Waals surface area (Å²) in [7, 11) is 0. The second-order valence-electron chi connectivity index (χ2n) is 33.3. The molecule has 0 aliphatic carbocycles. The van der Waals surface area contributed by atoms with Crippen LogP contribution in [0.15, 0.2) is 450 Å². The Labute approximate surface area is 769 Å². The molecule has 12 aromatic carbocycles. The SMILES string of the molecule is c1ccc(-c2ccc3ccc(-c4ccc5ccc(-c6cc(-c7cnc8ccccc8c7)cc(-c7cnc8ccccc8c7)c6)nc5c4)cc3n2)nc1.c1ccc(-c2ccc3ccc(-c4ccc5ccc(-c6ccc7ccc8cccnc8c7n6)nc5c4)cc3n2)nc1.c1ccc(-c2ccc3ccc(-c4ccc5ccc(-c6cccc(-c7cnc8ccccc8c7)c6)nc5c4)cc3n2)nc1. The van der Waals surface area contributed by atoms with Gasteiger partial charge in [0, 0.05) is 130 Å². The lowest BCUT2D eigenvalue weighted by atomic mass is 9.94. The van der Waals surface area contributed by atoms with Gasteiger partial charge < -0.3 is 0 Å². The third-order valence-corrected chi connectivity index (χ3v) is 24.8. The molecule has 26 aromatic rings. The fourth-order valence-electron chi connectivity index (χ4n) is 17.7. The lowest BCUT2D eigenvalue weighted by Crippen LogP contribution is -1.92. The number of para-hydroxylation sites is 3. The maximum Gasteiger partial charge on any atom is 0.0972 e. The summed E-state index contributed by atoms with van der Waals surface area (Å²) >= 11 is 0. The lowest BCUT2D eigenvalue weighted by molar-refractivity contribution is 1.28. The minimum atomic E-state index is 0.829. The van der Waals surface area contributed by atoms with Crippen molar-refractivity contribution >= 4 is 120 Å². The number of rotatable bonds is 12. The highest BCUT2D eigenvalue weighted by atomic mass is 14.8. The molecule has 0 unspecified atom stereocenters. The number of fused-ring (bicyclic) bond motifs is 12. The molecule has 14 heterocycles. The number of nitrogens with zero attached hydrogens (tertiary/aromatic N) is 14. The van der Waals surface area contributed by atoms with Crippen LogP contribution in [-0.2, 0) is 0 Å². The molecular formula is C120H74N14. The molecule has 26 rings (SSSR count). The van der Waals surface area contributed by atoms with E-state index >= 15 is 0 Å². The highest BCUT2D eigenvalue weighted by Gasteiger charge is 2.18. The first-order chi connectivity index (χ1) is 66.2. The van der Waals surface area contributed by atoms with Crippen LogP contribution in [-0.4, -0.2) is 69.8 Å². The average molecular weight is 1710 g/mol. The topological polar surface area (TPSA) is 180 Å². The fourth-order valence-corrected chi connectivity index (χ4v) is 17.7. The summed E-state index contributed by atoms with van der Waals surface area (Å²) in [6.07, 6.45) is 13.1. The van der Waals surface area contributed by atoms with Crippen molar-refractivity contribution in [2.24, 2.45) is 0 Å².